The molecule has 5 heteroatoms. The lowest BCUT2D eigenvalue weighted by Gasteiger charge is -2.35. The molecule has 1 unspecified atom stereocenters. The van der Waals surface area contributed by atoms with Crippen LogP contribution in [0.15, 0.2) is 0 Å². The van der Waals surface area contributed by atoms with Crippen LogP contribution in [0.1, 0.15) is 6.92 Å². The molecule has 0 radical (unpaired) electrons. The van der Waals surface area contributed by atoms with Gasteiger partial charge in [-0.05, 0) is 7.05 Å². The fourth-order valence-corrected chi connectivity index (χ4v) is 2.12. The third-order valence-corrected chi connectivity index (χ3v) is 3.23. The van der Waals surface area contributed by atoms with E-state index in [4.69, 9.17) is 4.74 Å². The topological polar surface area (TPSA) is 44.8 Å². The average Bonchev–Trinajstić information content (AvgIpc) is 2.36. The number of carbonyl (C=O) groups excluding carboxylic acids is 1. The molecule has 1 fully saturated rings. The second-order valence-electron chi connectivity index (χ2n) is 4.62. The summed E-state index contributed by atoms with van der Waals surface area (Å²) in [6.45, 7) is 8.07. The van der Waals surface area contributed by atoms with Crippen molar-refractivity contribution in [1.82, 2.24) is 15.1 Å². The summed E-state index contributed by atoms with van der Waals surface area (Å²) in [5, 5.41) is 3.05. The summed E-state index contributed by atoms with van der Waals surface area (Å²) in [5.41, 5.74) is 0. The monoisotopic (exact) mass is 243 g/mol. The van der Waals surface area contributed by atoms with Gasteiger partial charge in [0, 0.05) is 52.3 Å². The van der Waals surface area contributed by atoms with E-state index in [0.717, 1.165) is 45.9 Å². The zero-order valence-corrected chi connectivity index (χ0v) is 11.2. The van der Waals surface area contributed by atoms with Crippen molar-refractivity contribution in [3.63, 3.8) is 0 Å². The molecule has 5 nitrogen and oxygen atoms in total. The number of rotatable bonds is 6. The van der Waals surface area contributed by atoms with Crippen LogP contribution in [0.3, 0.4) is 0 Å². The number of methoxy groups -OCH3 is 1. The van der Waals surface area contributed by atoms with E-state index in [1.54, 1.807) is 7.11 Å². The zero-order chi connectivity index (χ0) is 12.7. The molecule has 0 aromatic heterocycles. The fraction of sp³-hybridized carbons (Fsp3) is 0.917. The fourth-order valence-electron chi connectivity index (χ4n) is 2.12. The van der Waals surface area contributed by atoms with Gasteiger partial charge < -0.3 is 15.0 Å². The van der Waals surface area contributed by atoms with Crippen molar-refractivity contribution < 1.29 is 9.53 Å². The van der Waals surface area contributed by atoms with Crippen LogP contribution in [0.2, 0.25) is 0 Å². The molecule has 1 amide bonds. The summed E-state index contributed by atoms with van der Waals surface area (Å²) in [6, 6.07) is 0. The molecule has 1 aliphatic rings. The maximum absolute atomic E-state index is 12.1. The molecule has 1 atom stereocenters. The third-order valence-electron chi connectivity index (χ3n) is 3.23. The molecule has 1 N–H and O–H groups in total. The van der Waals surface area contributed by atoms with Crippen molar-refractivity contribution in [3.05, 3.63) is 0 Å². The van der Waals surface area contributed by atoms with Crippen LogP contribution in [-0.4, -0.2) is 75.7 Å². The number of nitrogens with zero attached hydrogens (tertiary/aromatic N) is 2. The van der Waals surface area contributed by atoms with Crippen LogP contribution in [0.4, 0.5) is 0 Å². The summed E-state index contributed by atoms with van der Waals surface area (Å²) in [7, 11) is 3.60. The molecule has 0 aliphatic carbocycles. The molecule has 1 aliphatic heterocycles. The van der Waals surface area contributed by atoms with Crippen LogP contribution in [0.5, 0.6) is 0 Å². The molecule has 1 rings (SSSR count). The van der Waals surface area contributed by atoms with Crippen molar-refractivity contribution in [2.45, 2.75) is 6.92 Å². The molecule has 0 bridgehead atoms. The van der Waals surface area contributed by atoms with Crippen LogP contribution in [-0.2, 0) is 9.53 Å². The minimum Gasteiger partial charge on any atom is -0.383 e. The smallest absolute Gasteiger partial charge is 0.226 e. The van der Waals surface area contributed by atoms with Crippen molar-refractivity contribution in [1.29, 1.82) is 0 Å². The number of hydrogen-bond donors (Lipinski definition) is 1. The van der Waals surface area contributed by atoms with Crippen molar-refractivity contribution in [3.8, 4) is 0 Å². The number of carbonyl (C=O) groups is 1. The normalized spacial score (nSPS) is 19.4. The summed E-state index contributed by atoms with van der Waals surface area (Å²) in [6.07, 6.45) is 0. The lowest BCUT2D eigenvalue weighted by atomic mass is 10.1. The average molecular weight is 243 g/mol. The van der Waals surface area contributed by atoms with E-state index in [1.165, 1.54) is 0 Å². The highest BCUT2D eigenvalue weighted by Crippen LogP contribution is 2.06. The first-order valence-electron chi connectivity index (χ1n) is 6.33. The first-order chi connectivity index (χ1) is 8.19. The highest BCUT2D eigenvalue weighted by Gasteiger charge is 2.24. The minimum atomic E-state index is 0.0746. The second-order valence-corrected chi connectivity index (χ2v) is 4.62. The van der Waals surface area contributed by atoms with Gasteiger partial charge in [-0.3, -0.25) is 9.69 Å². The Bertz CT molecular complexity index is 228. The van der Waals surface area contributed by atoms with Gasteiger partial charge in [0.15, 0.2) is 0 Å². The van der Waals surface area contributed by atoms with Gasteiger partial charge >= 0.3 is 0 Å². The van der Waals surface area contributed by atoms with Gasteiger partial charge in [-0.15, -0.1) is 0 Å². The highest BCUT2D eigenvalue weighted by molar-refractivity contribution is 5.78. The maximum atomic E-state index is 12.1. The van der Waals surface area contributed by atoms with Crippen molar-refractivity contribution in [2.24, 2.45) is 5.92 Å². The largest absolute Gasteiger partial charge is 0.383 e. The van der Waals surface area contributed by atoms with Gasteiger partial charge in [-0.1, -0.05) is 6.92 Å². The molecule has 1 heterocycles. The molecular weight excluding hydrogens is 218 g/mol. The van der Waals surface area contributed by atoms with Crippen LogP contribution < -0.4 is 5.32 Å². The first-order valence-corrected chi connectivity index (χ1v) is 6.33. The van der Waals surface area contributed by atoms with Crippen LogP contribution in [0.25, 0.3) is 0 Å². The quantitative estimate of drug-likeness (QED) is 0.691. The van der Waals surface area contributed by atoms with Crippen LogP contribution >= 0.6 is 0 Å². The van der Waals surface area contributed by atoms with Crippen molar-refractivity contribution >= 4 is 5.91 Å². The number of piperazine rings is 1. The Balaban J connectivity index is 2.28. The van der Waals surface area contributed by atoms with Gasteiger partial charge in [0.05, 0.1) is 6.61 Å². The van der Waals surface area contributed by atoms with E-state index in [2.05, 4.69) is 10.2 Å². The lowest BCUT2D eigenvalue weighted by Crippen LogP contribution is -2.51. The molecule has 0 aromatic rings. The van der Waals surface area contributed by atoms with Gasteiger partial charge in [-0.2, -0.15) is 0 Å². The molecule has 0 aromatic carbocycles. The van der Waals surface area contributed by atoms with Crippen molar-refractivity contribution in [2.75, 3.05) is 60.0 Å². The second kappa shape index (κ2) is 7.63. The Labute approximate surface area is 104 Å². The first kappa shape index (κ1) is 14.4. The molecule has 0 saturated carbocycles. The van der Waals surface area contributed by atoms with E-state index in [9.17, 15) is 4.79 Å². The number of hydrogen-bond acceptors (Lipinski definition) is 4. The molecule has 0 spiro atoms. The summed E-state index contributed by atoms with van der Waals surface area (Å²) >= 11 is 0. The van der Waals surface area contributed by atoms with E-state index < -0.39 is 0 Å². The summed E-state index contributed by atoms with van der Waals surface area (Å²) in [4.78, 5) is 16.4. The lowest BCUT2D eigenvalue weighted by molar-refractivity contribution is -0.136. The number of ether oxygens (including phenoxy) is 1. The Morgan fingerprint density at radius 3 is 2.53 bits per heavy atom. The summed E-state index contributed by atoms with van der Waals surface area (Å²) < 4.78 is 5.06. The Hall–Kier alpha value is -0.650. The Kier molecular flexibility index (Phi) is 6.47. The van der Waals surface area contributed by atoms with E-state index >= 15 is 0 Å². The predicted octanol–water partition coefficient (Wildman–Crippen LogP) is -0.367. The number of amides is 1. The number of nitrogens with one attached hydrogen (secondary N) is 1. The highest BCUT2D eigenvalue weighted by atomic mass is 16.5. The maximum Gasteiger partial charge on any atom is 0.226 e. The molecule has 100 valence electrons. The summed E-state index contributed by atoms with van der Waals surface area (Å²) in [5.74, 6) is 0.344. The molecule has 17 heavy (non-hydrogen) atoms. The predicted molar refractivity (Wildman–Crippen MR) is 68.0 cm³/mol. The Morgan fingerprint density at radius 2 is 2.00 bits per heavy atom. The van der Waals surface area contributed by atoms with Gasteiger partial charge in [0.1, 0.15) is 0 Å². The molecular formula is C12H25N3O2. The van der Waals surface area contributed by atoms with E-state index in [0.29, 0.717) is 0 Å². The SMILES string of the molecule is CNCC(C)C(=O)N1CCN(CCOC)CC1. The van der Waals surface area contributed by atoms with Crippen LogP contribution in [0, 0.1) is 5.92 Å². The molecule has 1 saturated heterocycles. The van der Waals surface area contributed by atoms with E-state index in [-0.39, 0.29) is 11.8 Å². The van der Waals surface area contributed by atoms with E-state index in [1.807, 2.05) is 18.9 Å². The van der Waals surface area contributed by atoms with Gasteiger partial charge in [0.25, 0.3) is 0 Å². The standard InChI is InChI=1S/C12H25N3O2/c1-11(10-13-2)12(16)15-6-4-14(5-7-15)8-9-17-3/h11,13H,4-10H2,1-3H3. The van der Waals surface area contributed by atoms with Gasteiger partial charge in [0.2, 0.25) is 5.91 Å². The minimum absolute atomic E-state index is 0.0746. The Morgan fingerprint density at radius 1 is 1.35 bits per heavy atom. The van der Waals surface area contributed by atoms with Gasteiger partial charge in [-0.25, -0.2) is 0 Å². The zero-order valence-electron chi connectivity index (χ0n) is 11.2. The third kappa shape index (κ3) is 4.61.